The third kappa shape index (κ3) is 3.96. The van der Waals surface area contributed by atoms with E-state index >= 15 is 0 Å². The van der Waals surface area contributed by atoms with E-state index in [4.69, 9.17) is 4.74 Å². The quantitative estimate of drug-likeness (QED) is 0.829. The molecule has 0 saturated carbocycles. The maximum Gasteiger partial charge on any atom is 0.243 e. The van der Waals surface area contributed by atoms with Crippen LogP contribution in [0.3, 0.4) is 0 Å². The fourth-order valence-corrected chi connectivity index (χ4v) is 3.89. The molecular weight excluding hydrogens is 288 g/mol. The van der Waals surface area contributed by atoms with E-state index in [1.807, 2.05) is 0 Å². The van der Waals surface area contributed by atoms with Crippen molar-refractivity contribution in [3.63, 3.8) is 0 Å². The fourth-order valence-electron chi connectivity index (χ4n) is 2.47. The summed E-state index contributed by atoms with van der Waals surface area (Å²) >= 11 is 0. The highest BCUT2D eigenvalue weighted by Crippen LogP contribution is 2.20. The van der Waals surface area contributed by atoms with Crippen molar-refractivity contribution < 1.29 is 13.2 Å². The highest BCUT2D eigenvalue weighted by Gasteiger charge is 2.28. The molecule has 2 rings (SSSR count). The molecule has 1 saturated heterocycles. The molecule has 0 aromatic heterocycles. The monoisotopic (exact) mass is 311 g/mol. The molecule has 1 aliphatic heterocycles. The molecule has 1 aliphatic rings. The van der Waals surface area contributed by atoms with Crippen LogP contribution >= 0.6 is 0 Å². The summed E-state index contributed by atoms with van der Waals surface area (Å²) in [5.74, 6) is 2.01. The SMILES string of the molecule is COc1ccc(S(=O)(=O)N2CCN(C[C](C)C)CC2)cc1. The van der Waals surface area contributed by atoms with Crippen LogP contribution < -0.4 is 4.74 Å². The molecule has 0 bridgehead atoms. The van der Waals surface area contributed by atoms with Crippen molar-refractivity contribution in [1.29, 1.82) is 0 Å². The van der Waals surface area contributed by atoms with Crippen LogP contribution in [0, 0.1) is 5.92 Å². The van der Waals surface area contributed by atoms with E-state index < -0.39 is 10.0 Å². The topological polar surface area (TPSA) is 49.9 Å². The van der Waals surface area contributed by atoms with E-state index in [9.17, 15) is 8.42 Å². The fraction of sp³-hybridized carbons (Fsp3) is 0.533. The summed E-state index contributed by atoms with van der Waals surface area (Å²) in [6, 6.07) is 6.56. The zero-order valence-electron chi connectivity index (χ0n) is 12.9. The average Bonchev–Trinajstić information content (AvgIpc) is 2.47. The smallest absolute Gasteiger partial charge is 0.243 e. The van der Waals surface area contributed by atoms with Crippen molar-refractivity contribution in [2.24, 2.45) is 0 Å². The van der Waals surface area contributed by atoms with Crippen molar-refractivity contribution in [2.75, 3.05) is 39.8 Å². The van der Waals surface area contributed by atoms with E-state index in [1.165, 1.54) is 5.92 Å². The molecule has 0 unspecified atom stereocenters. The maximum atomic E-state index is 12.6. The Hall–Kier alpha value is -1.11. The predicted octanol–water partition coefficient (Wildman–Crippen LogP) is 1.62. The standard InChI is InChI=1S/C15H23N2O3S/c1-13(2)12-16-8-10-17(11-9-16)21(18,19)15-6-4-14(20-3)5-7-15/h4-7H,8-12H2,1-3H3. The summed E-state index contributed by atoms with van der Waals surface area (Å²) in [6.07, 6.45) is 0. The minimum absolute atomic E-state index is 0.329. The van der Waals surface area contributed by atoms with Gasteiger partial charge in [0, 0.05) is 32.7 Å². The van der Waals surface area contributed by atoms with Crippen molar-refractivity contribution in [1.82, 2.24) is 9.21 Å². The van der Waals surface area contributed by atoms with E-state index in [1.54, 1.807) is 35.7 Å². The second-order valence-corrected chi connectivity index (χ2v) is 7.50. The third-order valence-electron chi connectivity index (χ3n) is 3.57. The van der Waals surface area contributed by atoms with Crippen molar-refractivity contribution in [2.45, 2.75) is 18.7 Å². The van der Waals surface area contributed by atoms with Crippen LogP contribution in [0.25, 0.3) is 0 Å². The first kappa shape index (κ1) is 16.3. The Morgan fingerprint density at radius 1 is 1.10 bits per heavy atom. The minimum Gasteiger partial charge on any atom is -0.497 e. The Bertz CT molecular complexity index is 547. The summed E-state index contributed by atoms with van der Waals surface area (Å²) < 4.78 is 31.8. The summed E-state index contributed by atoms with van der Waals surface area (Å²) in [7, 11) is -1.83. The first-order valence-corrected chi connectivity index (χ1v) is 8.53. The van der Waals surface area contributed by atoms with Gasteiger partial charge in [-0.15, -0.1) is 0 Å². The van der Waals surface area contributed by atoms with Gasteiger partial charge in [-0.3, -0.25) is 0 Å². The van der Waals surface area contributed by atoms with Gasteiger partial charge in [0.1, 0.15) is 5.75 Å². The molecule has 0 atom stereocenters. The molecule has 0 N–H and O–H groups in total. The molecule has 0 aliphatic carbocycles. The number of rotatable bonds is 5. The van der Waals surface area contributed by atoms with Crippen molar-refractivity contribution >= 4 is 10.0 Å². The Morgan fingerprint density at radius 2 is 1.67 bits per heavy atom. The Kier molecular flexibility index (Phi) is 5.24. The number of nitrogens with zero attached hydrogens (tertiary/aromatic N) is 2. The number of piperazine rings is 1. The molecule has 1 radical (unpaired) electrons. The second-order valence-electron chi connectivity index (χ2n) is 5.56. The lowest BCUT2D eigenvalue weighted by Gasteiger charge is -2.34. The molecule has 21 heavy (non-hydrogen) atoms. The molecular formula is C15H23N2O3S. The van der Waals surface area contributed by atoms with Gasteiger partial charge in [-0.25, -0.2) is 8.42 Å². The molecule has 117 valence electrons. The molecule has 1 heterocycles. The molecule has 1 fully saturated rings. The summed E-state index contributed by atoms with van der Waals surface area (Å²) in [5, 5.41) is 0. The zero-order valence-corrected chi connectivity index (χ0v) is 13.7. The lowest BCUT2D eigenvalue weighted by Crippen LogP contribution is -2.49. The second kappa shape index (κ2) is 6.77. The zero-order chi connectivity index (χ0) is 15.5. The van der Waals surface area contributed by atoms with Gasteiger partial charge < -0.3 is 9.64 Å². The van der Waals surface area contributed by atoms with Gasteiger partial charge in [-0.05, 0) is 30.2 Å². The molecule has 1 aromatic carbocycles. The van der Waals surface area contributed by atoms with Gasteiger partial charge in [-0.1, -0.05) is 13.8 Å². The first-order valence-electron chi connectivity index (χ1n) is 7.09. The lowest BCUT2D eigenvalue weighted by molar-refractivity contribution is 0.194. The average molecular weight is 311 g/mol. The highest BCUT2D eigenvalue weighted by atomic mass is 32.2. The number of methoxy groups -OCH3 is 1. The molecule has 0 spiro atoms. The summed E-state index contributed by atoms with van der Waals surface area (Å²) in [6.45, 7) is 7.78. The van der Waals surface area contributed by atoms with Gasteiger partial charge in [0.05, 0.1) is 12.0 Å². The van der Waals surface area contributed by atoms with Crippen LogP contribution in [0.15, 0.2) is 29.2 Å². The number of sulfonamides is 1. The van der Waals surface area contributed by atoms with E-state index in [0.29, 0.717) is 23.7 Å². The normalized spacial score (nSPS) is 18.1. The molecule has 1 aromatic rings. The molecule has 6 heteroatoms. The van der Waals surface area contributed by atoms with E-state index in [2.05, 4.69) is 18.7 Å². The maximum absolute atomic E-state index is 12.6. The van der Waals surface area contributed by atoms with Crippen LogP contribution in [-0.4, -0.2) is 57.5 Å². The number of ether oxygens (including phenoxy) is 1. The lowest BCUT2D eigenvalue weighted by atomic mass is 10.2. The van der Waals surface area contributed by atoms with Crippen LogP contribution in [0.5, 0.6) is 5.75 Å². The van der Waals surface area contributed by atoms with Gasteiger partial charge in [0.2, 0.25) is 10.0 Å². The van der Waals surface area contributed by atoms with Crippen molar-refractivity contribution in [3.8, 4) is 5.75 Å². The number of benzene rings is 1. The number of hydrogen-bond acceptors (Lipinski definition) is 4. The van der Waals surface area contributed by atoms with Crippen molar-refractivity contribution in [3.05, 3.63) is 30.2 Å². The number of hydrogen-bond donors (Lipinski definition) is 0. The van der Waals surface area contributed by atoms with E-state index in [-0.39, 0.29) is 0 Å². The highest BCUT2D eigenvalue weighted by molar-refractivity contribution is 7.89. The summed E-state index contributed by atoms with van der Waals surface area (Å²) in [4.78, 5) is 2.62. The predicted molar refractivity (Wildman–Crippen MR) is 82.8 cm³/mol. The van der Waals surface area contributed by atoms with Gasteiger partial charge in [0.25, 0.3) is 0 Å². The largest absolute Gasteiger partial charge is 0.497 e. The molecule has 5 nitrogen and oxygen atoms in total. The third-order valence-corrected chi connectivity index (χ3v) is 5.48. The van der Waals surface area contributed by atoms with Crippen LogP contribution in [-0.2, 0) is 10.0 Å². The van der Waals surface area contributed by atoms with E-state index in [0.717, 1.165) is 19.6 Å². The summed E-state index contributed by atoms with van der Waals surface area (Å²) in [5.41, 5.74) is 0. The minimum atomic E-state index is -3.39. The van der Waals surface area contributed by atoms with Crippen LogP contribution in [0.4, 0.5) is 0 Å². The Morgan fingerprint density at radius 3 is 2.14 bits per heavy atom. The first-order chi connectivity index (χ1) is 9.93. The molecule has 0 amide bonds. The van der Waals surface area contributed by atoms with Gasteiger partial charge in [0.15, 0.2) is 0 Å². The van der Waals surface area contributed by atoms with Crippen LogP contribution in [0.1, 0.15) is 13.8 Å². The Balaban J connectivity index is 2.03. The van der Waals surface area contributed by atoms with Crippen LogP contribution in [0.2, 0.25) is 0 Å². The van der Waals surface area contributed by atoms with Gasteiger partial charge >= 0.3 is 0 Å². The van der Waals surface area contributed by atoms with Gasteiger partial charge in [-0.2, -0.15) is 4.31 Å². The Labute approximate surface area is 127 Å².